The monoisotopic (exact) mass is 480 g/mol. The zero-order valence-corrected chi connectivity index (χ0v) is 20.9. The van der Waals surface area contributed by atoms with Crippen LogP contribution in [0.1, 0.15) is 47.0 Å². The maximum absolute atomic E-state index is 12.8. The second-order valence-corrected chi connectivity index (χ2v) is 11.6. The van der Waals surface area contributed by atoms with Crippen molar-refractivity contribution in [3.8, 4) is 0 Å². The number of piperazine rings is 1. The van der Waals surface area contributed by atoms with Crippen LogP contribution < -0.4 is 5.32 Å². The van der Waals surface area contributed by atoms with Gasteiger partial charge >= 0.3 is 6.09 Å². The van der Waals surface area contributed by atoms with Crippen LogP contribution in [0.2, 0.25) is 0 Å². The van der Waals surface area contributed by atoms with E-state index in [2.05, 4.69) is 5.32 Å². The Morgan fingerprint density at radius 2 is 1.52 bits per heavy atom. The number of ether oxygens (including phenoxy) is 1. The van der Waals surface area contributed by atoms with Gasteiger partial charge in [-0.25, -0.2) is 13.2 Å². The number of nitrogens with one attached hydrogen (secondary N) is 1. The molecule has 2 fully saturated rings. The first-order valence-electron chi connectivity index (χ1n) is 11.6. The summed E-state index contributed by atoms with van der Waals surface area (Å²) in [4.78, 5) is 28.9. The average Bonchev–Trinajstić information content (AvgIpc) is 2.78. The first-order valence-corrected chi connectivity index (χ1v) is 13.0. The lowest BCUT2D eigenvalue weighted by Gasteiger charge is -2.37. The van der Waals surface area contributed by atoms with Gasteiger partial charge in [0, 0.05) is 45.0 Å². The largest absolute Gasteiger partial charge is 0.444 e. The molecule has 0 radical (unpaired) electrons. The van der Waals surface area contributed by atoms with Gasteiger partial charge in [-0.1, -0.05) is 6.42 Å². The van der Waals surface area contributed by atoms with Crippen molar-refractivity contribution in [2.75, 3.05) is 44.6 Å². The highest BCUT2D eigenvalue weighted by molar-refractivity contribution is 7.89. The van der Waals surface area contributed by atoms with E-state index in [1.54, 1.807) is 29.2 Å². The number of hydrogen-bond acceptors (Lipinski definition) is 6. The predicted octanol–water partition coefficient (Wildman–Crippen LogP) is 2.74. The molecule has 1 aromatic carbocycles. The van der Waals surface area contributed by atoms with Crippen LogP contribution in [-0.2, 0) is 19.6 Å². The Labute approximate surface area is 197 Å². The van der Waals surface area contributed by atoms with E-state index in [1.165, 1.54) is 4.31 Å². The Balaban J connectivity index is 1.52. The van der Waals surface area contributed by atoms with Crippen molar-refractivity contribution >= 4 is 27.7 Å². The molecule has 0 bridgehead atoms. The van der Waals surface area contributed by atoms with Crippen LogP contribution in [0.3, 0.4) is 0 Å². The van der Waals surface area contributed by atoms with Crippen LogP contribution in [0.4, 0.5) is 10.5 Å². The maximum Gasteiger partial charge on any atom is 0.410 e. The van der Waals surface area contributed by atoms with Gasteiger partial charge in [0.25, 0.3) is 0 Å². The minimum absolute atomic E-state index is 0.174. The Hall–Kier alpha value is -2.17. The van der Waals surface area contributed by atoms with E-state index in [4.69, 9.17) is 4.74 Å². The molecular formula is C23H36N4O5S. The Morgan fingerprint density at radius 1 is 0.939 bits per heavy atom. The highest BCUT2D eigenvalue weighted by Gasteiger charge is 2.30. The van der Waals surface area contributed by atoms with Crippen molar-refractivity contribution in [1.82, 2.24) is 14.1 Å². The van der Waals surface area contributed by atoms with E-state index in [0.29, 0.717) is 45.0 Å². The van der Waals surface area contributed by atoms with Gasteiger partial charge in [0.1, 0.15) is 5.60 Å². The lowest BCUT2D eigenvalue weighted by atomic mass is 10.2. The summed E-state index contributed by atoms with van der Waals surface area (Å²) >= 11 is 0. The van der Waals surface area contributed by atoms with E-state index < -0.39 is 15.6 Å². The molecule has 1 aromatic rings. The highest BCUT2D eigenvalue weighted by atomic mass is 32.2. The molecule has 0 unspecified atom stereocenters. The number of rotatable bonds is 5. The smallest absolute Gasteiger partial charge is 0.410 e. The van der Waals surface area contributed by atoms with Gasteiger partial charge in [-0.05, 0) is 64.8 Å². The van der Waals surface area contributed by atoms with Gasteiger partial charge in [0.15, 0.2) is 0 Å². The average molecular weight is 481 g/mol. The Morgan fingerprint density at radius 3 is 2.06 bits per heavy atom. The fraction of sp³-hybridized carbons (Fsp3) is 0.652. The van der Waals surface area contributed by atoms with Crippen molar-refractivity contribution < 1.29 is 22.7 Å². The molecular weight excluding hydrogens is 444 g/mol. The molecule has 0 saturated carbocycles. The molecule has 0 aliphatic carbocycles. The van der Waals surface area contributed by atoms with E-state index in [0.717, 1.165) is 19.3 Å². The topological polar surface area (TPSA) is 99.3 Å². The van der Waals surface area contributed by atoms with E-state index in [-0.39, 0.29) is 22.9 Å². The molecule has 1 N–H and O–H groups in total. The third-order valence-corrected chi connectivity index (χ3v) is 7.88. The number of amides is 2. The Kier molecular flexibility index (Phi) is 8.02. The molecule has 10 heteroatoms. The molecule has 184 valence electrons. The minimum atomic E-state index is -3.49. The third kappa shape index (κ3) is 6.68. The lowest BCUT2D eigenvalue weighted by Crippen LogP contribution is -2.54. The van der Waals surface area contributed by atoms with Crippen molar-refractivity contribution in [2.45, 2.75) is 63.5 Å². The molecule has 2 amide bonds. The second-order valence-electron chi connectivity index (χ2n) is 9.66. The van der Waals surface area contributed by atoms with Gasteiger partial charge in [-0.2, -0.15) is 4.31 Å². The van der Waals surface area contributed by atoms with Gasteiger partial charge < -0.3 is 15.0 Å². The summed E-state index contributed by atoms with van der Waals surface area (Å²) in [5.74, 6) is -0.174. The van der Waals surface area contributed by atoms with E-state index in [1.807, 2.05) is 32.6 Å². The number of piperidine rings is 1. The number of sulfonamides is 1. The molecule has 2 aliphatic rings. The number of carbonyl (C=O) groups excluding carboxylic acids is 2. The van der Waals surface area contributed by atoms with Crippen LogP contribution in [0.25, 0.3) is 0 Å². The van der Waals surface area contributed by atoms with Gasteiger partial charge in [-0.3, -0.25) is 9.69 Å². The molecule has 2 saturated heterocycles. The maximum atomic E-state index is 12.8. The summed E-state index contributed by atoms with van der Waals surface area (Å²) in [5, 5.41) is 2.87. The molecule has 3 rings (SSSR count). The summed E-state index contributed by atoms with van der Waals surface area (Å²) in [5.41, 5.74) is 0.0150. The van der Waals surface area contributed by atoms with Crippen LogP contribution in [-0.4, -0.2) is 85.4 Å². The summed E-state index contributed by atoms with van der Waals surface area (Å²) in [6, 6.07) is 5.96. The lowest BCUT2D eigenvalue weighted by molar-refractivity contribution is -0.121. The summed E-state index contributed by atoms with van der Waals surface area (Å²) < 4.78 is 32.5. The third-order valence-electron chi connectivity index (χ3n) is 5.97. The Bertz CT molecular complexity index is 929. The zero-order valence-electron chi connectivity index (χ0n) is 20.0. The number of anilines is 1. The predicted molar refractivity (Wildman–Crippen MR) is 127 cm³/mol. The van der Waals surface area contributed by atoms with Crippen molar-refractivity contribution in [3.63, 3.8) is 0 Å². The van der Waals surface area contributed by atoms with Crippen molar-refractivity contribution in [3.05, 3.63) is 24.3 Å². The SMILES string of the molecule is C[C@@H](C(=O)Nc1ccc(S(=O)(=O)N2CCCCC2)cc1)N1CCN(C(=O)OC(C)(C)C)CC1. The van der Waals surface area contributed by atoms with E-state index in [9.17, 15) is 18.0 Å². The first-order chi connectivity index (χ1) is 15.5. The summed E-state index contributed by atoms with van der Waals surface area (Å²) in [7, 11) is -3.49. The summed E-state index contributed by atoms with van der Waals surface area (Å²) in [6.07, 6.45) is 2.50. The number of hydrogen-bond donors (Lipinski definition) is 1. The highest BCUT2D eigenvalue weighted by Crippen LogP contribution is 2.22. The van der Waals surface area contributed by atoms with Crippen LogP contribution in [0.15, 0.2) is 29.2 Å². The van der Waals surface area contributed by atoms with Crippen molar-refractivity contribution in [2.24, 2.45) is 0 Å². The standard InChI is InChI=1S/C23H36N4O5S/c1-18(25-14-16-26(17-15-25)22(29)32-23(2,3)4)21(28)24-19-8-10-20(11-9-19)33(30,31)27-12-6-5-7-13-27/h8-11,18H,5-7,12-17H2,1-4H3,(H,24,28)/t18-/m0/s1. The second kappa shape index (κ2) is 10.4. The fourth-order valence-electron chi connectivity index (χ4n) is 4.00. The van der Waals surface area contributed by atoms with Crippen LogP contribution in [0, 0.1) is 0 Å². The fourth-order valence-corrected chi connectivity index (χ4v) is 5.51. The number of benzene rings is 1. The van der Waals surface area contributed by atoms with Crippen LogP contribution >= 0.6 is 0 Å². The quantitative estimate of drug-likeness (QED) is 0.696. The summed E-state index contributed by atoms with van der Waals surface area (Å²) in [6.45, 7) is 10.6. The molecule has 1 atom stereocenters. The van der Waals surface area contributed by atoms with Gasteiger partial charge in [0.2, 0.25) is 15.9 Å². The molecule has 0 spiro atoms. The molecule has 2 heterocycles. The zero-order chi connectivity index (χ0) is 24.2. The molecule has 33 heavy (non-hydrogen) atoms. The normalized spacial score (nSPS) is 19.7. The first kappa shape index (κ1) is 25.5. The molecule has 9 nitrogen and oxygen atoms in total. The van der Waals surface area contributed by atoms with E-state index >= 15 is 0 Å². The number of carbonyl (C=O) groups is 2. The number of nitrogens with zero attached hydrogens (tertiary/aromatic N) is 3. The van der Waals surface area contributed by atoms with Crippen LogP contribution in [0.5, 0.6) is 0 Å². The molecule has 2 aliphatic heterocycles. The van der Waals surface area contributed by atoms with Gasteiger partial charge in [0.05, 0.1) is 10.9 Å². The molecule has 0 aromatic heterocycles. The van der Waals surface area contributed by atoms with Crippen molar-refractivity contribution in [1.29, 1.82) is 0 Å². The minimum Gasteiger partial charge on any atom is -0.444 e. The van der Waals surface area contributed by atoms with Gasteiger partial charge in [-0.15, -0.1) is 0 Å².